The fourth-order valence-electron chi connectivity index (χ4n) is 1.39. The van der Waals surface area contributed by atoms with Gasteiger partial charge in [0, 0.05) is 24.8 Å². The van der Waals surface area contributed by atoms with E-state index in [1.54, 1.807) is 4.68 Å². The summed E-state index contributed by atoms with van der Waals surface area (Å²) in [5, 5.41) is 13.7. The van der Waals surface area contributed by atoms with Crippen LogP contribution in [0.2, 0.25) is 0 Å². The Hall–Kier alpha value is -0.870. The van der Waals surface area contributed by atoms with Gasteiger partial charge in [0.2, 0.25) is 0 Å². The van der Waals surface area contributed by atoms with Crippen LogP contribution in [-0.4, -0.2) is 21.4 Å². The summed E-state index contributed by atoms with van der Waals surface area (Å²) >= 11 is 0. The van der Waals surface area contributed by atoms with Crippen LogP contribution in [-0.2, 0) is 7.05 Å². The fourth-order valence-corrected chi connectivity index (χ4v) is 1.39. The van der Waals surface area contributed by atoms with Gasteiger partial charge in [0.25, 0.3) is 0 Å². The standard InChI is InChI=1S/C8H15N3O/c1-5-8(7(12)4-9)6(2)11(3)10-5/h7,12H,4,9H2,1-3H3. The summed E-state index contributed by atoms with van der Waals surface area (Å²) in [6.07, 6.45) is -0.585. The second-order valence-corrected chi connectivity index (χ2v) is 2.96. The Labute approximate surface area is 72.0 Å². The second kappa shape index (κ2) is 3.25. The summed E-state index contributed by atoms with van der Waals surface area (Å²) in [6, 6.07) is 0. The summed E-state index contributed by atoms with van der Waals surface area (Å²) in [5.74, 6) is 0. The third-order valence-corrected chi connectivity index (χ3v) is 2.12. The Bertz CT molecular complexity index is 280. The maximum atomic E-state index is 9.53. The van der Waals surface area contributed by atoms with Gasteiger partial charge in [-0.1, -0.05) is 0 Å². The van der Waals surface area contributed by atoms with Crippen molar-refractivity contribution in [3.63, 3.8) is 0 Å². The second-order valence-electron chi connectivity index (χ2n) is 2.96. The van der Waals surface area contributed by atoms with E-state index in [1.165, 1.54) is 0 Å². The Kier molecular flexibility index (Phi) is 2.49. The molecule has 0 saturated carbocycles. The van der Waals surface area contributed by atoms with E-state index in [-0.39, 0.29) is 6.54 Å². The molecule has 0 spiro atoms. The third kappa shape index (κ3) is 1.35. The van der Waals surface area contributed by atoms with E-state index < -0.39 is 6.10 Å². The number of aromatic nitrogens is 2. The summed E-state index contributed by atoms with van der Waals surface area (Å²) in [5.41, 5.74) is 8.06. The van der Waals surface area contributed by atoms with Gasteiger partial charge in [-0.3, -0.25) is 4.68 Å². The van der Waals surface area contributed by atoms with Crippen molar-refractivity contribution in [1.29, 1.82) is 0 Å². The van der Waals surface area contributed by atoms with Crippen LogP contribution < -0.4 is 5.73 Å². The molecule has 1 aromatic rings. The molecule has 4 nitrogen and oxygen atoms in total. The van der Waals surface area contributed by atoms with E-state index in [9.17, 15) is 5.11 Å². The van der Waals surface area contributed by atoms with Crippen LogP contribution in [0.15, 0.2) is 0 Å². The highest BCUT2D eigenvalue weighted by Gasteiger charge is 2.15. The van der Waals surface area contributed by atoms with Gasteiger partial charge in [0.05, 0.1) is 11.8 Å². The lowest BCUT2D eigenvalue weighted by atomic mass is 10.1. The molecule has 4 heteroatoms. The van der Waals surface area contributed by atoms with E-state index in [1.807, 2.05) is 20.9 Å². The SMILES string of the molecule is Cc1nn(C)c(C)c1C(O)CN. The zero-order valence-electron chi connectivity index (χ0n) is 7.70. The molecular weight excluding hydrogens is 154 g/mol. The number of nitrogens with two attached hydrogens (primary N) is 1. The van der Waals surface area contributed by atoms with Crippen molar-refractivity contribution in [2.45, 2.75) is 20.0 Å². The summed E-state index contributed by atoms with van der Waals surface area (Å²) < 4.78 is 1.75. The molecule has 1 aromatic heterocycles. The van der Waals surface area contributed by atoms with Gasteiger partial charge >= 0.3 is 0 Å². The number of nitrogens with zero attached hydrogens (tertiary/aromatic N) is 2. The van der Waals surface area contributed by atoms with E-state index in [0.29, 0.717) is 0 Å². The van der Waals surface area contributed by atoms with Crippen LogP contribution >= 0.6 is 0 Å². The van der Waals surface area contributed by atoms with Crippen molar-refractivity contribution in [3.05, 3.63) is 17.0 Å². The summed E-state index contributed by atoms with van der Waals surface area (Å²) in [4.78, 5) is 0. The average Bonchev–Trinajstić information content (AvgIpc) is 2.26. The summed E-state index contributed by atoms with van der Waals surface area (Å²) in [7, 11) is 1.86. The first-order valence-corrected chi connectivity index (χ1v) is 3.96. The van der Waals surface area contributed by atoms with Crippen LogP contribution in [0.1, 0.15) is 23.1 Å². The van der Waals surface area contributed by atoms with Gasteiger partial charge in [0.15, 0.2) is 0 Å². The van der Waals surface area contributed by atoms with Crippen molar-refractivity contribution < 1.29 is 5.11 Å². The molecule has 0 radical (unpaired) electrons. The lowest BCUT2D eigenvalue weighted by Gasteiger charge is -2.07. The molecule has 0 aromatic carbocycles. The van der Waals surface area contributed by atoms with Gasteiger partial charge in [-0.15, -0.1) is 0 Å². The normalized spacial score (nSPS) is 13.4. The Morgan fingerprint density at radius 1 is 1.58 bits per heavy atom. The molecule has 1 rings (SSSR count). The first-order chi connectivity index (χ1) is 5.57. The van der Waals surface area contributed by atoms with E-state index in [0.717, 1.165) is 17.0 Å². The maximum absolute atomic E-state index is 9.53. The number of rotatable bonds is 2. The van der Waals surface area contributed by atoms with E-state index in [2.05, 4.69) is 5.10 Å². The number of hydrogen-bond acceptors (Lipinski definition) is 3. The molecule has 0 aliphatic heterocycles. The largest absolute Gasteiger partial charge is 0.387 e. The number of aryl methyl sites for hydroxylation is 2. The quantitative estimate of drug-likeness (QED) is 0.656. The maximum Gasteiger partial charge on any atom is 0.0947 e. The number of hydrogen-bond donors (Lipinski definition) is 2. The topological polar surface area (TPSA) is 64.1 Å². The molecule has 0 bridgehead atoms. The van der Waals surface area contributed by atoms with Crippen LogP contribution in [0.4, 0.5) is 0 Å². The average molecular weight is 169 g/mol. The minimum atomic E-state index is -0.585. The highest BCUT2D eigenvalue weighted by atomic mass is 16.3. The Morgan fingerprint density at radius 2 is 2.17 bits per heavy atom. The van der Waals surface area contributed by atoms with Crippen LogP contribution in [0.3, 0.4) is 0 Å². The van der Waals surface area contributed by atoms with Gasteiger partial charge < -0.3 is 10.8 Å². The van der Waals surface area contributed by atoms with Crippen molar-refractivity contribution in [3.8, 4) is 0 Å². The van der Waals surface area contributed by atoms with Crippen molar-refractivity contribution >= 4 is 0 Å². The van der Waals surface area contributed by atoms with Crippen molar-refractivity contribution in [2.24, 2.45) is 12.8 Å². The van der Waals surface area contributed by atoms with Gasteiger partial charge in [-0.25, -0.2) is 0 Å². The predicted molar refractivity (Wildman–Crippen MR) is 46.7 cm³/mol. The fraction of sp³-hybridized carbons (Fsp3) is 0.625. The van der Waals surface area contributed by atoms with E-state index in [4.69, 9.17) is 5.73 Å². The minimum Gasteiger partial charge on any atom is -0.387 e. The van der Waals surface area contributed by atoms with E-state index >= 15 is 0 Å². The smallest absolute Gasteiger partial charge is 0.0947 e. The van der Waals surface area contributed by atoms with Gasteiger partial charge in [0.1, 0.15) is 0 Å². The summed E-state index contributed by atoms with van der Waals surface area (Å²) in [6.45, 7) is 4.04. The molecule has 12 heavy (non-hydrogen) atoms. The van der Waals surface area contributed by atoms with Gasteiger partial charge in [-0.2, -0.15) is 5.10 Å². The first-order valence-electron chi connectivity index (χ1n) is 3.96. The van der Waals surface area contributed by atoms with Crippen molar-refractivity contribution in [2.75, 3.05) is 6.54 Å². The molecule has 0 aliphatic rings. The Morgan fingerprint density at radius 3 is 2.50 bits per heavy atom. The van der Waals surface area contributed by atoms with Crippen LogP contribution in [0.5, 0.6) is 0 Å². The first kappa shape index (κ1) is 9.22. The molecular formula is C8H15N3O. The highest BCUT2D eigenvalue weighted by molar-refractivity contribution is 5.26. The molecule has 0 amide bonds. The van der Waals surface area contributed by atoms with Crippen molar-refractivity contribution in [1.82, 2.24) is 9.78 Å². The molecule has 3 N–H and O–H groups in total. The molecule has 0 saturated heterocycles. The molecule has 1 heterocycles. The molecule has 0 aliphatic carbocycles. The third-order valence-electron chi connectivity index (χ3n) is 2.12. The molecule has 68 valence electrons. The number of aliphatic hydroxyl groups excluding tert-OH is 1. The van der Waals surface area contributed by atoms with Gasteiger partial charge in [-0.05, 0) is 13.8 Å². The predicted octanol–water partition coefficient (Wildman–Crippen LogP) is 0.0290. The molecule has 1 unspecified atom stereocenters. The zero-order valence-corrected chi connectivity index (χ0v) is 7.70. The lowest BCUT2D eigenvalue weighted by Crippen LogP contribution is -2.13. The zero-order chi connectivity index (χ0) is 9.30. The van der Waals surface area contributed by atoms with Crippen LogP contribution in [0.25, 0.3) is 0 Å². The monoisotopic (exact) mass is 169 g/mol. The Balaban J connectivity index is 3.13. The molecule has 1 atom stereocenters. The van der Waals surface area contributed by atoms with Crippen LogP contribution in [0, 0.1) is 13.8 Å². The minimum absolute atomic E-state index is 0.243. The highest BCUT2D eigenvalue weighted by Crippen LogP contribution is 2.19. The number of aliphatic hydroxyl groups is 1. The molecule has 0 fully saturated rings. The lowest BCUT2D eigenvalue weighted by molar-refractivity contribution is 0.185.